The standard InChI is InChI=1S/C33H46O6Si2/c1-31(2,3)40(9,10)38-23-17-13-21(14-18-23)25-27(34)28(35)26(30-29(25)36-33(7,8)37-30)22-15-19-24(20-16-22)39-41(11,12)32(4,5)6/h13-20,34-35H,1-12H3. The Labute approximate surface area is 247 Å². The van der Waals surface area contributed by atoms with E-state index in [2.05, 4.69) is 67.7 Å². The summed E-state index contributed by atoms with van der Waals surface area (Å²) < 4.78 is 25.3. The predicted octanol–water partition coefficient (Wildman–Crippen LogP) is 9.71. The van der Waals surface area contributed by atoms with Gasteiger partial charge < -0.3 is 28.5 Å². The molecule has 2 N–H and O–H groups in total. The molecule has 4 rings (SSSR count). The first-order chi connectivity index (χ1) is 18.6. The van der Waals surface area contributed by atoms with Crippen molar-refractivity contribution in [3.63, 3.8) is 0 Å². The van der Waals surface area contributed by atoms with Crippen molar-refractivity contribution in [2.45, 2.75) is 97.4 Å². The highest BCUT2D eigenvalue weighted by molar-refractivity contribution is 6.75. The van der Waals surface area contributed by atoms with Crippen LogP contribution >= 0.6 is 0 Å². The van der Waals surface area contributed by atoms with Gasteiger partial charge in [-0.05, 0) is 71.7 Å². The van der Waals surface area contributed by atoms with Gasteiger partial charge in [0.2, 0.25) is 22.4 Å². The largest absolute Gasteiger partial charge is 0.544 e. The second kappa shape index (κ2) is 10.0. The number of phenols is 2. The Balaban J connectivity index is 1.75. The van der Waals surface area contributed by atoms with Crippen molar-refractivity contribution in [3.05, 3.63) is 48.5 Å². The molecule has 0 amide bonds. The lowest BCUT2D eigenvalue weighted by molar-refractivity contribution is -0.0427. The molecule has 1 aliphatic heterocycles. The number of ether oxygens (including phenoxy) is 2. The van der Waals surface area contributed by atoms with Gasteiger partial charge in [-0.1, -0.05) is 65.8 Å². The molecule has 6 nitrogen and oxygen atoms in total. The van der Waals surface area contributed by atoms with Crippen LogP contribution in [-0.4, -0.2) is 32.6 Å². The Hall–Kier alpha value is -3.11. The van der Waals surface area contributed by atoms with Gasteiger partial charge in [-0.15, -0.1) is 0 Å². The average molecular weight is 595 g/mol. The zero-order chi connectivity index (χ0) is 30.8. The quantitative estimate of drug-likeness (QED) is 0.218. The Morgan fingerprint density at radius 3 is 1.15 bits per heavy atom. The van der Waals surface area contributed by atoms with E-state index in [1.807, 2.05) is 48.5 Å². The van der Waals surface area contributed by atoms with Crippen molar-refractivity contribution >= 4 is 16.6 Å². The maximum atomic E-state index is 11.4. The molecule has 0 fully saturated rings. The highest BCUT2D eigenvalue weighted by Gasteiger charge is 2.42. The van der Waals surface area contributed by atoms with Gasteiger partial charge >= 0.3 is 0 Å². The van der Waals surface area contributed by atoms with Crippen LogP contribution in [0.4, 0.5) is 0 Å². The van der Waals surface area contributed by atoms with Crippen LogP contribution in [0.25, 0.3) is 22.3 Å². The van der Waals surface area contributed by atoms with Crippen molar-refractivity contribution in [1.29, 1.82) is 0 Å². The van der Waals surface area contributed by atoms with E-state index in [9.17, 15) is 10.2 Å². The van der Waals surface area contributed by atoms with Gasteiger partial charge in [0.1, 0.15) is 11.5 Å². The van der Waals surface area contributed by atoms with E-state index >= 15 is 0 Å². The summed E-state index contributed by atoms with van der Waals surface area (Å²) in [5.74, 6) is 0.812. The summed E-state index contributed by atoms with van der Waals surface area (Å²) in [6, 6.07) is 15.1. The van der Waals surface area contributed by atoms with E-state index in [1.165, 1.54) is 0 Å². The topological polar surface area (TPSA) is 77.4 Å². The lowest BCUT2D eigenvalue weighted by atomic mass is 9.95. The first-order valence-electron chi connectivity index (χ1n) is 14.2. The Morgan fingerprint density at radius 2 is 0.878 bits per heavy atom. The van der Waals surface area contributed by atoms with Gasteiger partial charge in [-0.3, -0.25) is 0 Å². The Bertz CT molecular complexity index is 1320. The number of hydrogen-bond acceptors (Lipinski definition) is 6. The molecule has 0 radical (unpaired) electrons. The summed E-state index contributed by atoms with van der Waals surface area (Å²) in [5, 5.41) is 22.9. The summed E-state index contributed by atoms with van der Waals surface area (Å²) in [6.07, 6.45) is 0. The first-order valence-corrected chi connectivity index (χ1v) is 20.0. The fourth-order valence-electron chi connectivity index (χ4n) is 4.20. The van der Waals surface area contributed by atoms with Crippen LogP contribution in [-0.2, 0) is 0 Å². The second-order valence-corrected chi connectivity index (χ2v) is 23.9. The van der Waals surface area contributed by atoms with Crippen LogP contribution in [0.5, 0.6) is 34.5 Å². The summed E-state index contributed by atoms with van der Waals surface area (Å²) in [6.45, 7) is 25.6. The minimum atomic E-state index is -2.01. The number of benzene rings is 3. The van der Waals surface area contributed by atoms with Gasteiger partial charge in [-0.2, -0.15) is 0 Å². The summed E-state index contributed by atoms with van der Waals surface area (Å²) in [7, 11) is -4.02. The van der Waals surface area contributed by atoms with Crippen LogP contribution in [0.1, 0.15) is 55.4 Å². The minimum absolute atomic E-state index is 0.0677. The fraction of sp³-hybridized carbons (Fsp3) is 0.455. The molecule has 3 aromatic carbocycles. The molecule has 222 valence electrons. The fourth-order valence-corrected chi connectivity index (χ4v) is 6.26. The van der Waals surface area contributed by atoms with E-state index in [-0.39, 0.29) is 21.6 Å². The zero-order valence-corrected chi connectivity index (χ0v) is 28.6. The zero-order valence-electron chi connectivity index (χ0n) is 26.6. The van der Waals surface area contributed by atoms with Crippen molar-refractivity contribution in [2.24, 2.45) is 0 Å². The van der Waals surface area contributed by atoms with Crippen LogP contribution in [0.3, 0.4) is 0 Å². The third kappa shape index (κ3) is 5.95. The average Bonchev–Trinajstić information content (AvgIpc) is 3.14. The second-order valence-electron chi connectivity index (χ2n) is 14.5. The lowest BCUT2D eigenvalue weighted by Crippen LogP contribution is -2.43. The molecular weight excluding hydrogens is 549 g/mol. The van der Waals surface area contributed by atoms with E-state index in [0.29, 0.717) is 33.8 Å². The van der Waals surface area contributed by atoms with Gasteiger partial charge in [0.25, 0.3) is 0 Å². The molecule has 0 aromatic heterocycles. The molecule has 8 heteroatoms. The van der Waals surface area contributed by atoms with Gasteiger partial charge in [0.05, 0.1) is 11.1 Å². The Morgan fingerprint density at radius 1 is 0.585 bits per heavy atom. The van der Waals surface area contributed by atoms with Gasteiger partial charge in [-0.25, -0.2) is 0 Å². The normalized spacial score (nSPS) is 15.1. The molecule has 1 heterocycles. The van der Waals surface area contributed by atoms with Crippen LogP contribution in [0.15, 0.2) is 48.5 Å². The third-order valence-electron chi connectivity index (χ3n) is 8.70. The Kier molecular flexibility index (Phi) is 7.53. The molecule has 0 aliphatic carbocycles. The SMILES string of the molecule is CC1(C)Oc2c(c(-c3ccc(O[Si](C)(C)C(C)(C)C)cc3)c(O)c(O)c2-c2ccc(O[Si](C)(C)C(C)(C)C)cc2)O1. The van der Waals surface area contributed by atoms with E-state index in [1.54, 1.807) is 13.8 Å². The highest BCUT2D eigenvalue weighted by Crippen LogP contribution is 2.60. The minimum Gasteiger partial charge on any atom is -0.544 e. The monoisotopic (exact) mass is 594 g/mol. The number of aromatic hydroxyl groups is 2. The van der Waals surface area contributed by atoms with Crippen molar-refractivity contribution in [1.82, 2.24) is 0 Å². The number of fused-ring (bicyclic) bond motifs is 1. The predicted molar refractivity (Wildman–Crippen MR) is 172 cm³/mol. The number of phenolic OH excluding ortho intramolecular Hbond substituents is 2. The molecule has 0 spiro atoms. The summed E-state index contributed by atoms with van der Waals surface area (Å²) >= 11 is 0. The van der Waals surface area contributed by atoms with Crippen LogP contribution in [0.2, 0.25) is 36.3 Å². The van der Waals surface area contributed by atoms with Crippen molar-refractivity contribution in [3.8, 4) is 56.8 Å². The summed E-state index contributed by atoms with van der Waals surface area (Å²) in [4.78, 5) is 0. The molecule has 0 unspecified atom stereocenters. The molecular formula is C33H46O6Si2. The molecule has 0 saturated carbocycles. The van der Waals surface area contributed by atoms with Crippen LogP contribution in [0, 0.1) is 0 Å². The van der Waals surface area contributed by atoms with E-state index < -0.39 is 22.4 Å². The smallest absolute Gasteiger partial charge is 0.250 e. The lowest BCUT2D eigenvalue weighted by Gasteiger charge is -2.36. The van der Waals surface area contributed by atoms with Gasteiger partial charge in [0, 0.05) is 13.8 Å². The number of hydrogen-bond donors (Lipinski definition) is 2. The highest BCUT2D eigenvalue weighted by atomic mass is 28.4. The molecule has 1 aliphatic rings. The van der Waals surface area contributed by atoms with Gasteiger partial charge in [0.15, 0.2) is 23.0 Å². The molecule has 0 saturated heterocycles. The maximum Gasteiger partial charge on any atom is 0.250 e. The maximum absolute atomic E-state index is 11.4. The van der Waals surface area contributed by atoms with E-state index in [0.717, 1.165) is 11.5 Å². The third-order valence-corrected chi connectivity index (χ3v) is 17.4. The molecule has 3 aromatic rings. The molecule has 0 bridgehead atoms. The van der Waals surface area contributed by atoms with Crippen LogP contribution < -0.4 is 18.3 Å². The first kappa shape index (κ1) is 30.8. The summed E-state index contributed by atoms with van der Waals surface area (Å²) in [5.41, 5.74) is 2.12. The molecule has 0 atom stereocenters. The van der Waals surface area contributed by atoms with Crippen molar-refractivity contribution < 1.29 is 28.5 Å². The number of rotatable bonds is 6. The molecule has 41 heavy (non-hydrogen) atoms. The van der Waals surface area contributed by atoms with Crippen molar-refractivity contribution in [2.75, 3.05) is 0 Å². The van der Waals surface area contributed by atoms with E-state index in [4.69, 9.17) is 18.3 Å².